The minimum absolute atomic E-state index is 0.0994. The normalized spacial score (nSPS) is 22.1. The van der Waals surface area contributed by atoms with E-state index in [2.05, 4.69) is 21.6 Å². The van der Waals surface area contributed by atoms with Gasteiger partial charge in [-0.25, -0.2) is 17.8 Å². The van der Waals surface area contributed by atoms with Crippen molar-refractivity contribution in [1.82, 2.24) is 19.1 Å². The van der Waals surface area contributed by atoms with Gasteiger partial charge in [0.1, 0.15) is 11.6 Å². The van der Waals surface area contributed by atoms with E-state index in [4.69, 9.17) is 28.2 Å². The maximum atomic E-state index is 14.3. The molecule has 0 radical (unpaired) electrons. The average molecular weight is 599 g/mol. The molecule has 2 aliphatic heterocycles. The van der Waals surface area contributed by atoms with Gasteiger partial charge in [0.2, 0.25) is 10.0 Å². The molecule has 0 unspecified atom stereocenters. The van der Waals surface area contributed by atoms with E-state index < -0.39 is 10.0 Å². The summed E-state index contributed by atoms with van der Waals surface area (Å²) in [6, 6.07) is 7.82. The van der Waals surface area contributed by atoms with Gasteiger partial charge in [-0.05, 0) is 69.0 Å². The van der Waals surface area contributed by atoms with Crippen LogP contribution in [0, 0.1) is 5.82 Å². The van der Waals surface area contributed by atoms with Crippen LogP contribution in [0.3, 0.4) is 0 Å². The Bertz CT molecular complexity index is 1270. The molecular weight excluding hydrogens is 560 g/mol. The van der Waals surface area contributed by atoms with Gasteiger partial charge in [-0.3, -0.25) is 9.80 Å². The summed E-state index contributed by atoms with van der Waals surface area (Å²) >= 11 is 12.6. The van der Waals surface area contributed by atoms with Crippen LogP contribution in [0.5, 0.6) is 0 Å². The number of likely N-dealkylation sites (tertiary alicyclic amines) is 1. The van der Waals surface area contributed by atoms with E-state index in [0.717, 1.165) is 76.2 Å². The summed E-state index contributed by atoms with van der Waals surface area (Å²) in [5.41, 5.74) is 1.52. The Kier molecular flexibility index (Phi) is 9.05. The highest BCUT2D eigenvalue weighted by Crippen LogP contribution is 2.33. The number of anilines is 1. The fourth-order valence-corrected chi connectivity index (χ4v) is 7.66. The Labute approximate surface area is 241 Å². The number of hydrogen-bond donors (Lipinski definition) is 0. The largest absolute Gasteiger partial charge is 0.353 e. The van der Waals surface area contributed by atoms with Crippen molar-refractivity contribution < 1.29 is 12.8 Å². The lowest BCUT2D eigenvalue weighted by Crippen LogP contribution is -2.58. The summed E-state index contributed by atoms with van der Waals surface area (Å²) in [5.74, 6) is 0.540. The monoisotopic (exact) mass is 597 g/mol. The number of benzene rings is 1. The number of piperazine rings is 1. The number of hydrogen-bond acceptors (Lipinski definition) is 6. The third kappa shape index (κ3) is 7.05. The zero-order chi connectivity index (χ0) is 27.7. The molecule has 1 aromatic carbocycles. The third-order valence-corrected chi connectivity index (χ3v) is 10.1. The Morgan fingerprint density at radius 1 is 1.08 bits per heavy atom. The van der Waals surface area contributed by atoms with Gasteiger partial charge >= 0.3 is 0 Å². The average Bonchev–Trinajstić information content (AvgIpc) is 3.74. The van der Waals surface area contributed by atoms with Crippen molar-refractivity contribution in [2.75, 3.05) is 43.9 Å². The number of rotatable bonds is 9. The molecule has 3 aliphatic rings. The van der Waals surface area contributed by atoms with Crippen molar-refractivity contribution in [2.45, 2.75) is 70.2 Å². The standard InChI is InChI=1S/C28H38Cl2FN5O2S/c1-3-23-19-34(28-26(30)14-20(16-32-28)17-36(25-6-7-25)39(2,37)38)12-13-35(23)24-8-10-33(11-9-24)18-21-4-5-22(29)15-27(21)31/h4-5,14-16,23-25H,3,6-13,17-19H2,1-2H3/t23-/m0/s1. The second-order valence-electron chi connectivity index (χ2n) is 11.2. The van der Waals surface area contributed by atoms with Gasteiger partial charge in [-0.15, -0.1) is 0 Å². The van der Waals surface area contributed by atoms with E-state index in [9.17, 15) is 12.8 Å². The maximum absolute atomic E-state index is 14.3. The predicted molar refractivity (Wildman–Crippen MR) is 155 cm³/mol. The minimum Gasteiger partial charge on any atom is -0.353 e. The lowest BCUT2D eigenvalue weighted by atomic mass is 9.97. The van der Waals surface area contributed by atoms with E-state index in [0.29, 0.717) is 40.8 Å². The van der Waals surface area contributed by atoms with E-state index >= 15 is 0 Å². The molecule has 3 heterocycles. The zero-order valence-electron chi connectivity index (χ0n) is 22.7. The molecule has 3 fully saturated rings. The van der Waals surface area contributed by atoms with Crippen LogP contribution in [0.2, 0.25) is 10.0 Å². The summed E-state index contributed by atoms with van der Waals surface area (Å²) in [6.07, 6.45) is 8.03. The highest BCUT2D eigenvalue weighted by molar-refractivity contribution is 7.88. The first-order chi connectivity index (χ1) is 18.6. The van der Waals surface area contributed by atoms with Crippen molar-refractivity contribution in [3.05, 3.63) is 57.5 Å². The molecule has 2 saturated heterocycles. The molecule has 0 bridgehead atoms. The fourth-order valence-electron chi connectivity index (χ4n) is 6.05. The third-order valence-electron chi connectivity index (χ3n) is 8.33. The quantitative estimate of drug-likeness (QED) is 0.405. The molecule has 11 heteroatoms. The lowest BCUT2D eigenvalue weighted by molar-refractivity contribution is 0.0607. The molecule has 0 amide bonds. The predicted octanol–water partition coefficient (Wildman–Crippen LogP) is 5.02. The summed E-state index contributed by atoms with van der Waals surface area (Å²) in [6.45, 7) is 7.70. The van der Waals surface area contributed by atoms with E-state index in [1.54, 1.807) is 22.6 Å². The van der Waals surface area contributed by atoms with E-state index in [1.807, 2.05) is 6.07 Å². The van der Waals surface area contributed by atoms with Gasteiger partial charge in [0.25, 0.3) is 0 Å². The smallest absolute Gasteiger partial charge is 0.211 e. The first-order valence-corrected chi connectivity index (χ1v) is 16.5. The number of sulfonamides is 1. The summed E-state index contributed by atoms with van der Waals surface area (Å²) in [7, 11) is -3.27. The summed E-state index contributed by atoms with van der Waals surface area (Å²) in [5, 5.41) is 1.00. The van der Waals surface area contributed by atoms with Gasteiger partial charge in [0, 0.05) is 67.6 Å². The molecule has 39 heavy (non-hydrogen) atoms. The Balaban J connectivity index is 1.17. The summed E-state index contributed by atoms with van der Waals surface area (Å²) in [4.78, 5) is 11.9. The molecule has 1 aliphatic carbocycles. The number of pyridine rings is 1. The van der Waals surface area contributed by atoms with E-state index in [1.165, 1.54) is 12.3 Å². The second-order valence-corrected chi connectivity index (χ2v) is 14.0. The Morgan fingerprint density at radius 3 is 2.44 bits per heavy atom. The number of aromatic nitrogens is 1. The Morgan fingerprint density at radius 2 is 1.82 bits per heavy atom. The SMILES string of the molecule is CC[C@H]1CN(c2ncc(CN(C3CC3)S(C)(=O)=O)cc2Cl)CCN1C1CCN(Cc2ccc(Cl)cc2F)CC1. The number of halogens is 3. The van der Waals surface area contributed by atoms with Gasteiger partial charge in [-0.1, -0.05) is 36.2 Å². The highest BCUT2D eigenvalue weighted by Gasteiger charge is 2.36. The maximum Gasteiger partial charge on any atom is 0.211 e. The minimum atomic E-state index is -3.27. The molecule has 0 N–H and O–H groups in total. The second kappa shape index (κ2) is 12.2. The topological polar surface area (TPSA) is 60.0 Å². The van der Waals surface area contributed by atoms with Crippen molar-refractivity contribution in [2.24, 2.45) is 0 Å². The molecule has 7 nitrogen and oxygen atoms in total. The molecule has 5 rings (SSSR count). The van der Waals surface area contributed by atoms with Gasteiger partial charge in [0.15, 0.2) is 0 Å². The lowest BCUT2D eigenvalue weighted by Gasteiger charge is -2.47. The fraction of sp³-hybridized carbons (Fsp3) is 0.607. The zero-order valence-corrected chi connectivity index (χ0v) is 25.0. The summed E-state index contributed by atoms with van der Waals surface area (Å²) < 4.78 is 40.2. The van der Waals surface area contributed by atoms with Crippen molar-refractivity contribution in [1.29, 1.82) is 0 Å². The molecule has 1 saturated carbocycles. The van der Waals surface area contributed by atoms with Crippen molar-refractivity contribution >= 4 is 39.0 Å². The van der Waals surface area contributed by atoms with Gasteiger partial charge in [-0.2, -0.15) is 4.31 Å². The van der Waals surface area contributed by atoms with Crippen molar-refractivity contribution in [3.8, 4) is 0 Å². The van der Waals surface area contributed by atoms with Crippen LogP contribution >= 0.6 is 23.2 Å². The molecule has 1 aromatic heterocycles. The number of nitrogens with zero attached hydrogens (tertiary/aromatic N) is 5. The number of piperidine rings is 1. The van der Waals surface area contributed by atoms with E-state index in [-0.39, 0.29) is 11.9 Å². The van der Waals surface area contributed by atoms with Crippen LogP contribution in [-0.4, -0.2) is 84.6 Å². The van der Waals surface area contributed by atoms with Crippen molar-refractivity contribution in [3.63, 3.8) is 0 Å². The van der Waals surface area contributed by atoms with Crippen LogP contribution in [0.15, 0.2) is 30.5 Å². The Hall–Kier alpha value is -1.49. The van der Waals surface area contributed by atoms with Crippen LogP contribution in [-0.2, 0) is 23.1 Å². The highest BCUT2D eigenvalue weighted by atomic mass is 35.5. The van der Waals surface area contributed by atoms with Gasteiger partial charge in [0.05, 0.1) is 11.3 Å². The van der Waals surface area contributed by atoms with Gasteiger partial charge < -0.3 is 4.90 Å². The van der Waals surface area contributed by atoms with Crippen LogP contribution in [0.1, 0.15) is 50.2 Å². The molecule has 214 valence electrons. The molecule has 1 atom stereocenters. The van der Waals surface area contributed by atoms with Crippen LogP contribution in [0.4, 0.5) is 10.2 Å². The van der Waals surface area contributed by atoms with Crippen LogP contribution < -0.4 is 4.90 Å². The first-order valence-electron chi connectivity index (χ1n) is 13.9. The molecule has 0 spiro atoms. The van der Waals surface area contributed by atoms with Crippen LogP contribution in [0.25, 0.3) is 0 Å². The molecule has 2 aromatic rings. The first kappa shape index (κ1) is 29.0. The molecular formula is C28H38Cl2FN5O2S.